The van der Waals surface area contributed by atoms with E-state index in [1.54, 1.807) is 11.0 Å². The van der Waals surface area contributed by atoms with Gasteiger partial charge in [0, 0.05) is 19.2 Å². The molecule has 0 atom stereocenters. The Kier molecular flexibility index (Phi) is 7.86. The molecular formula is C18H24F3NO. The molecule has 0 bridgehead atoms. The summed E-state index contributed by atoms with van der Waals surface area (Å²) in [7, 11) is 0. The van der Waals surface area contributed by atoms with Crippen LogP contribution >= 0.6 is 0 Å². The van der Waals surface area contributed by atoms with E-state index in [2.05, 4.69) is 13.8 Å². The number of nitrogens with zero attached hydrogens (tertiary/aromatic N) is 1. The third-order valence-corrected chi connectivity index (χ3v) is 3.53. The summed E-state index contributed by atoms with van der Waals surface area (Å²) in [6.07, 6.45) is 2.58. The van der Waals surface area contributed by atoms with Gasteiger partial charge in [-0.05, 0) is 36.6 Å². The SMILES string of the molecule is CCCCN(CCCC)C(=O)/C=C/c1ccc(C(F)(F)F)cc1. The van der Waals surface area contributed by atoms with Crippen molar-refractivity contribution in [3.63, 3.8) is 0 Å². The molecule has 0 aliphatic rings. The molecule has 1 aromatic rings. The van der Waals surface area contributed by atoms with Crippen molar-refractivity contribution in [2.24, 2.45) is 0 Å². The lowest BCUT2D eigenvalue weighted by molar-refractivity contribution is -0.137. The molecule has 5 heteroatoms. The van der Waals surface area contributed by atoms with Gasteiger partial charge in [0.2, 0.25) is 5.91 Å². The highest BCUT2D eigenvalue weighted by Gasteiger charge is 2.29. The largest absolute Gasteiger partial charge is 0.416 e. The lowest BCUT2D eigenvalue weighted by Crippen LogP contribution is -2.31. The van der Waals surface area contributed by atoms with E-state index >= 15 is 0 Å². The summed E-state index contributed by atoms with van der Waals surface area (Å²) in [5, 5.41) is 0. The van der Waals surface area contributed by atoms with E-state index < -0.39 is 11.7 Å². The number of unbranched alkanes of at least 4 members (excludes halogenated alkanes) is 2. The summed E-state index contributed by atoms with van der Waals surface area (Å²) < 4.78 is 37.5. The number of alkyl halides is 3. The number of benzene rings is 1. The summed E-state index contributed by atoms with van der Waals surface area (Å²) in [6.45, 7) is 5.57. The minimum atomic E-state index is -4.34. The normalized spacial score (nSPS) is 11.9. The number of halogens is 3. The first-order valence-electron chi connectivity index (χ1n) is 8.02. The second-order valence-electron chi connectivity index (χ2n) is 5.49. The molecule has 0 unspecified atom stereocenters. The molecule has 2 nitrogen and oxygen atoms in total. The van der Waals surface area contributed by atoms with Crippen LogP contribution in [0.25, 0.3) is 6.08 Å². The topological polar surface area (TPSA) is 20.3 Å². The average molecular weight is 327 g/mol. The zero-order chi connectivity index (χ0) is 17.3. The van der Waals surface area contributed by atoms with E-state index in [1.807, 2.05) is 0 Å². The van der Waals surface area contributed by atoms with Crippen molar-refractivity contribution in [2.75, 3.05) is 13.1 Å². The lowest BCUT2D eigenvalue weighted by atomic mass is 10.1. The molecule has 1 aromatic carbocycles. The molecule has 0 fully saturated rings. The van der Waals surface area contributed by atoms with Crippen LogP contribution < -0.4 is 0 Å². The zero-order valence-corrected chi connectivity index (χ0v) is 13.7. The second kappa shape index (κ2) is 9.38. The minimum absolute atomic E-state index is 0.0909. The van der Waals surface area contributed by atoms with Gasteiger partial charge in [0.25, 0.3) is 0 Å². The molecular weight excluding hydrogens is 303 g/mol. The van der Waals surface area contributed by atoms with Gasteiger partial charge in [0.05, 0.1) is 5.56 Å². The molecule has 23 heavy (non-hydrogen) atoms. The van der Waals surface area contributed by atoms with Crippen molar-refractivity contribution in [1.82, 2.24) is 4.90 Å². The smallest absolute Gasteiger partial charge is 0.339 e. The molecule has 0 saturated carbocycles. The Bertz CT molecular complexity index is 498. The fourth-order valence-corrected chi connectivity index (χ4v) is 2.09. The van der Waals surface area contributed by atoms with E-state index in [-0.39, 0.29) is 5.91 Å². The summed E-state index contributed by atoms with van der Waals surface area (Å²) >= 11 is 0. The zero-order valence-electron chi connectivity index (χ0n) is 13.7. The number of rotatable bonds is 8. The van der Waals surface area contributed by atoms with E-state index in [9.17, 15) is 18.0 Å². The average Bonchev–Trinajstić information content (AvgIpc) is 2.52. The van der Waals surface area contributed by atoms with Crippen molar-refractivity contribution < 1.29 is 18.0 Å². The monoisotopic (exact) mass is 327 g/mol. The Balaban J connectivity index is 2.70. The highest BCUT2D eigenvalue weighted by Crippen LogP contribution is 2.29. The predicted octanol–water partition coefficient (Wildman–Crippen LogP) is 5.15. The summed E-state index contributed by atoms with van der Waals surface area (Å²) in [5.41, 5.74) is -0.106. The molecule has 0 aliphatic heterocycles. The van der Waals surface area contributed by atoms with Crippen molar-refractivity contribution in [3.8, 4) is 0 Å². The number of carbonyl (C=O) groups is 1. The minimum Gasteiger partial charge on any atom is -0.339 e. The highest BCUT2D eigenvalue weighted by atomic mass is 19.4. The molecule has 0 aromatic heterocycles. The summed E-state index contributed by atoms with van der Waals surface area (Å²) in [5.74, 6) is -0.0909. The van der Waals surface area contributed by atoms with Crippen molar-refractivity contribution in [1.29, 1.82) is 0 Å². The van der Waals surface area contributed by atoms with E-state index in [1.165, 1.54) is 18.2 Å². The van der Waals surface area contributed by atoms with Crippen LogP contribution in [0, 0.1) is 0 Å². The van der Waals surface area contributed by atoms with E-state index in [4.69, 9.17) is 0 Å². The molecule has 1 amide bonds. The van der Waals surface area contributed by atoms with Gasteiger partial charge in [-0.25, -0.2) is 0 Å². The summed E-state index contributed by atoms with van der Waals surface area (Å²) in [6, 6.07) is 4.79. The first-order chi connectivity index (χ1) is 10.9. The molecule has 0 saturated heterocycles. The van der Waals surface area contributed by atoms with Gasteiger partial charge in [0.1, 0.15) is 0 Å². The molecule has 0 aliphatic carbocycles. The molecule has 0 radical (unpaired) electrons. The lowest BCUT2D eigenvalue weighted by Gasteiger charge is -2.20. The van der Waals surface area contributed by atoms with Gasteiger partial charge >= 0.3 is 6.18 Å². The fourth-order valence-electron chi connectivity index (χ4n) is 2.09. The fraction of sp³-hybridized carbons (Fsp3) is 0.500. The van der Waals surface area contributed by atoms with Crippen LogP contribution in [0.15, 0.2) is 30.3 Å². The van der Waals surface area contributed by atoms with Crippen LogP contribution in [0.2, 0.25) is 0 Å². The Hall–Kier alpha value is -1.78. The molecule has 1 rings (SSSR count). The van der Waals surface area contributed by atoms with Crippen LogP contribution in [0.1, 0.15) is 50.7 Å². The third kappa shape index (κ3) is 6.89. The van der Waals surface area contributed by atoms with Crippen LogP contribution in [-0.4, -0.2) is 23.9 Å². The van der Waals surface area contributed by atoms with Gasteiger partial charge < -0.3 is 4.90 Å². The molecule has 0 heterocycles. The summed E-state index contributed by atoms with van der Waals surface area (Å²) in [4.78, 5) is 14.0. The van der Waals surface area contributed by atoms with Crippen molar-refractivity contribution in [2.45, 2.75) is 45.7 Å². The van der Waals surface area contributed by atoms with E-state index in [0.717, 1.165) is 37.8 Å². The standard InChI is InChI=1S/C18H24F3NO/c1-3-5-13-22(14-6-4-2)17(23)12-9-15-7-10-16(11-8-15)18(19,20)21/h7-12H,3-6,13-14H2,1-2H3/b12-9+. The van der Waals surface area contributed by atoms with Crippen LogP contribution in [0.4, 0.5) is 13.2 Å². The van der Waals surface area contributed by atoms with Crippen LogP contribution in [0.3, 0.4) is 0 Å². The van der Waals surface area contributed by atoms with Crippen LogP contribution in [0.5, 0.6) is 0 Å². The van der Waals surface area contributed by atoms with Gasteiger partial charge in [-0.2, -0.15) is 13.2 Å². The maximum absolute atomic E-state index is 12.5. The van der Waals surface area contributed by atoms with Gasteiger partial charge in [-0.15, -0.1) is 0 Å². The quantitative estimate of drug-likeness (QED) is 0.605. The third-order valence-electron chi connectivity index (χ3n) is 3.53. The Morgan fingerprint density at radius 1 is 1.04 bits per heavy atom. The first kappa shape index (κ1) is 19.3. The first-order valence-corrected chi connectivity index (χ1v) is 8.02. The Morgan fingerprint density at radius 3 is 2.00 bits per heavy atom. The van der Waals surface area contributed by atoms with Crippen molar-refractivity contribution >= 4 is 12.0 Å². The number of hydrogen-bond acceptors (Lipinski definition) is 1. The maximum atomic E-state index is 12.5. The van der Waals surface area contributed by atoms with Gasteiger partial charge in [0.15, 0.2) is 0 Å². The van der Waals surface area contributed by atoms with Crippen molar-refractivity contribution in [3.05, 3.63) is 41.5 Å². The Labute approximate surface area is 136 Å². The van der Waals surface area contributed by atoms with Gasteiger partial charge in [-0.3, -0.25) is 4.79 Å². The number of hydrogen-bond donors (Lipinski definition) is 0. The van der Waals surface area contributed by atoms with Gasteiger partial charge in [-0.1, -0.05) is 38.8 Å². The predicted molar refractivity (Wildman–Crippen MR) is 86.9 cm³/mol. The maximum Gasteiger partial charge on any atom is 0.416 e. The molecule has 0 spiro atoms. The molecule has 0 N–H and O–H groups in total. The number of amides is 1. The van der Waals surface area contributed by atoms with Crippen LogP contribution in [-0.2, 0) is 11.0 Å². The second-order valence-corrected chi connectivity index (χ2v) is 5.49. The highest BCUT2D eigenvalue weighted by molar-refractivity contribution is 5.91. The molecule has 128 valence electrons. The van der Waals surface area contributed by atoms with E-state index in [0.29, 0.717) is 18.7 Å². The Morgan fingerprint density at radius 2 is 1.57 bits per heavy atom. The number of carbonyl (C=O) groups excluding carboxylic acids is 1.